The van der Waals surface area contributed by atoms with Crippen molar-refractivity contribution < 1.29 is 0 Å². The van der Waals surface area contributed by atoms with Crippen LogP contribution in [0.4, 0.5) is 0 Å². The van der Waals surface area contributed by atoms with Crippen LogP contribution in [0.1, 0.15) is 46.0 Å². The molecule has 16 heavy (non-hydrogen) atoms. The summed E-state index contributed by atoms with van der Waals surface area (Å²) in [5, 5.41) is 7.19. The first-order valence-corrected chi connectivity index (χ1v) is 7.23. The quantitative estimate of drug-likeness (QED) is 0.649. The molecular formula is C14H28N2. The van der Waals surface area contributed by atoms with E-state index in [0.717, 1.165) is 30.8 Å². The Hall–Kier alpha value is -0.0800. The molecule has 2 saturated carbocycles. The van der Waals surface area contributed by atoms with Crippen LogP contribution in [0.25, 0.3) is 0 Å². The van der Waals surface area contributed by atoms with E-state index >= 15 is 0 Å². The van der Waals surface area contributed by atoms with Crippen LogP contribution >= 0.6 is 0 Å². The smallest absolute Gasteiger partial charge is 0.0164 e. The molecule has 0 spiro atoms. The highest BCUT2D eigenvalue weighted by Gasteiger charge is 2.38. The van der Waals surface area contributed by atoms with Crippen LogP contribution in [0.2, 0.25) is 0 Å². The Morgan fingerprint density at radius 1 is 1.25 bits per heavy atom. The number of nitrogens with one attached hydrogen (secondary N) is 2. The standard InChI is InChI=1S/C14H28N2/c1-3-6-15-9-11(2)16-10-14-8-12-4-5-13(14)7-12/h11-16H,3-10H2,1-2H3. The van der Waals surface area contributed by atoms with Crippen LogP contribution in [0.5, 0.6) is 0 Å². The van der Waals surface area contributed by atoms with Gasteiger partial charge >= 0.3 is 0 Å². The van der Waals surface area contributed by atoms with Crippen LogP contribution in [-0.2, 0) is 0 Å². The van der Waals surface area contributed by atoms with Gasteiger partial charge in [0.15, 0.2) is 0 Å². The molecule has 0 radical (unpaired) electrons. The lowest BCUT2D eigenvalue weighted by molar-refractivity contribution is 0.306. The maximum absolute atomic E-state index is 3.71. The van der Waals surface area contributed by atoms with Crippen LogP contribution in [0, 0.1) is 17.8 Å². The molecule has 0 heterocycles. The number of rotatable bonds is 7. The van der Waals surface area contributed by atoms with E-state index in [-0.39, 0.29) is 0 Å². The molecule has 94 valence electrons. The molecular weight excluding hydrogens is 196 g/mol. The summed E-state index contributed by atoms with van der Waals surface area (Å²) in [7, 11) is 0. The molecule has 2 bridgehead atoms. The number of hydrogen-bond donors (Lipinski definition) is 2. The molecule has 0 aromatic heterocycles. The fourth-order valence-corrected chi connectivity index (χ4v) is 3.55. The Kier molecular flexibility index (Phi) is 4.66. The Balaban J connectivity index is 1.57. The second-order valence-corrected chi connectivity index (χ2v) is 5.95. The van der Waals surface area contributed by atoms with Crippen LogP contribution < -0.4 is 10.6 Å². The van der Waals surface area contributed by atoms with Crippen molar-refractivity contribution in [2.45, 2.75) is 52.0 Å². The molecule has 2 rings (SSSR count). The molecule has 0 amide bonds. The van der Waals surface area contributed by atoms with Gasteiger partial charge in [0.1, 0.15) is 0 Å². The van der Waals surface area contributed by atoms with Crippen LogP contribution in [-0.4, -0.2) is 25.7 Å². The van der Waals surface area contributed by atoms with E-state index in [2.05, 4.69) is 24.5 Å². The molecule has 4 unspecified atom stereocenters. The van der Waals surface area contributed by atoms with Gasteiger partial charge in [-0.05, 0) is 63.5 Å². The summed E-state index contributed by atoms with van der Waals surface area (Å²) in [6, 6.07) is 0.630. The minimum absolute atomic E-state index is 0.630. The van der Waals surface area contributed by atoms with Gasteiger partial charge in [-0.1, -0.05) is 13.3 Å². The zero-order valence-electron chi connectivity index (χ0n) is 11.0. The summed E-state index contributed by atoms with van der Waals surface area (Å²) in [6.45, 7) is 8.06. The summed E-state index contributed by atoms with van der Waals surface area (Å²) in [5.74, 6) is 3.14. The van der Waals surface area contributed by atoms with E-state index < -0.39 is 0 Å². The van der Waals surface area contributed by atoms with Gasteiger partial charge in [0, 0.05) is 12.6 Å². The van der Waals surface area contributed by atoms with Gasteiger partial charge in [0.25, 0.3) is 0 Å². The molecule has 2 nitrogen and oxygen atoms in total. The van der Waals surface area contributed by atoms with Gasteiger partial charge in [0.05, 0.1) is 0 Å². The number of fused-ring (bicyclic) bond motifs is 2. The SMILES string of the molecule is CCCNCC(C)NCC1CC2CCC1C2. The molecule has 2 fully saturated rings. The third-order valence-corrected chi connectivity index (χ3v) is 4.49. The van der Waals surface area contributed by atoms with Gasteiger partial charge in [-0.15, -0.1) is 0 Å². The van der Waals surface area contributed by atoms with E-state index in [9.17, 15) is 0 Å². The zero-order valence-corrected chi connectivity index (χ0v) is 11.0. The summed E-state index contributed by atoms with van der Waals surface area (Å²) in [6.07, 6.45) is 7.31. The summed E-state index contributed by atoms with van der Waals surface area (Å²) >= 11 is 0. The molecule has 2 aliphatic carbocycles. The van der Waals surface area contributed by atoms with Crippen LogP contribution in [0.15, 0.2) is 0 Å². The first kappa shape index (κ1) is 12.4. The Bertz CT molecular complexity index is 205. The van der Waals surface area contributed by atoms with Crippen molar-refractivity contribution in [2.75, 3.05) is 19.6 Å². The van der Waals surface area contributed by atoms with E-state index in [4.69, 9.17) is 0 Å². The number of hydrogen-bond acceptors (Lipinski definition) is 2. The Labute approximate surface area is 101 Å². The highest BCUT2D eigenvalue weighted by Crippen LogP contribution is 2.47. The minimum atomic E-state index is 0.630. The lowest BCUT2D eigenvalue weighted by Gasteiger charge is -2.24. The predicted molar refractivity (Wildman–Crippen MR) is 69.6 cm³/mol. The molecule has 2 N–H and O–H groups in total. The minimum Gasteiger partial charge on any atom is -0.315 e. The van der Waals surface area contributed by atoms with E-state index in [1.54, 1.807) is 0 Å². The maximum Gasteiger partial charge on any atom is 0.0164 e. The van der Waals surface area contributed by atoms with E-state index in [0.29, 0.717) is 6.04 Å². The zero-order chi connectivity index (χ0) is 11.4. The summed E-state index contributed by atoms with van der Waals surface area (Å²) in [4.78, 5) is 0. The predicted octanol–water partition coefficient (Wildman–Crippen LogP) is 2.40. The van der Waals surface area contributed by atoms with Gasteiger partial charge in [0.2, 0.25) is 0 Å². The van der Waals surface area contributed by atoms with E-state index in [1.165, 1.54) is 38.6 Å². The molecule has 2 aliphatic rings. The van der Waals surface area contributed by atoms with Crippen LogP contribution in [0.3, 0.4) is 0 Å². The third-order valence-electron chi connectivity index (χ3n) is 4.49. The van der Waals surface area contributed by atoms with Crippen molar-refractivity contribution in [1.82, 2.24) is 10.6 Å². The second-order valence-electron chi connectivity index (χ2n) is 5.95. The van der Waals surface area contributed by atoms with Crippen molar-refractivity contribution in [3.05, 3.63) is 0 Å². The fourth-order valence-electron chi connectivity index (χ4n) is 3.55. The molecule has 2 heteroatoms. The third kappa shape index (κ3) is 3.21. The average Bonchev–Trinajstić information content (AvgIpc) is 2.88. The topological polar surface area (TPSA) is 24.1 Å². The molecule has 0 aromatic rings. The Morgan fingerprint density at radius 3 is 2.75 bits per heavy atom. The Morgan fingerprint density at radius 2 is 2.12 bits per heavy atom. The van der Waals surface area contributed by atoms with Crippen molar-refractivity contribution >= 4 is 0 Å². The largest absolute Gasteiger partial charge is 0.315 e. The fraction of sp³-hybridized carbons (Fsp3) is 1.00. The van der Waals surface area contributed by atoms with Crippen molar-refractivity contribution in [3.63, 3.8) is 0 Å². The lowest BCUT2D eigenvalue weighted by atomic mass is 9.89. The highest BCUT2D eigenvalue weighted by molar-refractivity contribution is 4.91. The summed E-state index contributed by atoms with van der Waals surface area (Å²) in [5.41, 5.74) is 0. The normalized spacial score (nSPS) is 34.5. The van der Waals surface area contributed by atoms with Gasteiger partial charge in [-0.25, -0.2) is 0 Å². The van der Waals surface area contributed by atoms with Crippen molar-refractivity contribution in [2.24, 2.45) is 17.8 Å². The lowest BCUT2D eigenvalue weighted by Crippen LogP contribution is -2.39. The highest BCUT2D eigenvalue weighted by atomic mass is 15.0. The maximum atomic E-state index is 3.71. The van der Waals surface area contributed by atoms with Gasteiger partial charge in [-0.2, -0.15) is 0 Å². The first-order valence-electron chi connectivity index (χ1n) is 7.23. The monoisotopic (exact) mass is 224 g/mol. The molecule has 0 aliphatic heterocycles. The molecule has 0 aromatic carbocycles. The molecule has 0 saturated heterocycles. The van der Waals surface area contributed by atoms with Gasteiger partial charge in [-0.3, -0.25) is 0 Å². The average molecular weight is 224 g/mol. The van der Waals surface area contributed by atoms with Crippen molar-refractivity contribution in [3.8, 4) is 0 Å². The summed E-state index contributed by atoms with van der Waals surface area (Å²) < 4.78 is 0. The second kappa shape index (κ2) is 6.02. The first-order chi connectivity index (χ1) is 7.79. The van der Waals surface area contributed by atoms with Gasteiger partial charge < -0.3 is 10.6 Å². The van der Waals surface area contributed by atoms with E-state index in [1.807, 2.05) is 0 Å². The molecule has 4 atom stereocenters. The van der Waals surface area contributed by atoms with Crippen molar-refractivity contribution in [1.29, 1.82) is 0 Å².